The number of carbonyl (C=O) groups excluding carboxylic acids is 3. The fourth-order valence-corrected chi connectivity index (χ4v) is 3.37. The molecule has 0 bridgehead atoms. The Morgan fingerprint density at radius 3 is 2.48 bits per heavy atom. The maximum absolute atomic E-state index is 12.4. The highest BCUT2D eigenvalue weighted by molar-refractivity contribution is 7.16. The number of hydrogen-bond acceptors (Lipinski definition) is 6. The number of anilines is 1. The van der Waals surface area contributed by atoms with Crippen LogP contribution in [0.5, 0.6) is 5.75 Å². The maximum atomic E-state index is 12.4. The van der Waals surface area contributed by atoms with Crippen molar-refractivity contribution in [1.29, 1.82) is 0 Å². The highest BCUT2D eigenvalue weighted by Crippen LogP contribution is 2.33. The Morgan fingerprint density at radius 2 is 1.84 bits per heavy atom. The molecule has 0 spiro atoms. The first-order chi connectivity index (χ1) is 11.8. The minimum absolute atomic E-state index is 0.277. The predicted octanol–water partition coefficient (Wildman–Crippen LogP) is 3.37. The molecule has 25 heavy (non-hydrogen) atoms. The van der Waals surface area contributed by atoms with Crippen LogP contribution in [0.3, 0.4) is 0 Å². The van der Waals surface area contributed by atoms with E-state index in [1.807, 2.05) is 6.92 Å². The van der Waals surface area contributed by atoms with E-state index in [2.05, 4.69) is 5.32 Å². The molecule has 2 aromatic rings. The zero-order chi connectivity index (χ0) is 18.6. The summed E-state index contributed by atoms with van der Waals surface area (Å²) in [5, 5.41) is 3.06. The van der Waals surface area contributed by atoms with Crippen molar-refractivity contribution in [2.45, 2.75) is 20.8 Å². The molecule has 1 amide bonds. The van der Waals surface area contributed by atoms with Crippen LogP contribution >= 0.6 is 11.3 Å². The second kappa shape index (κ2) is 7.94. The number of para-hydroxylation sites is 1. The Morgan fingerprint density at radius 1 is 1.16 bits per heavy atom. The molecule has 6 nitrogen and oxygen atoms in total. The van der Waals surface area contributed by atoms with E-state index in [1.165, 1.54) is 25.4 Å². The van der Waals surface area contributed by atoms with Crippen LogP contribution in [-0.4, -0.2) is 31.4 Å². The van der Waals surface area contributed by atoms with Crippen LogP contribution in [0.1, 0.15) is 38.1 Å². The number of thiophene rings is 1. The van der Waals surface area contributed by atoms with Crippen LogP contribution in [-0.2, 0) is 9.53 Å². The number of amides is 1. The van der Waals surface area contributed by atoms with E-state index >= 15 is 0 Å². The average Bonchev–Trinajstić information content (AvgIpc) is 2.85. The zero-order valence-corrected chi connectivity index (χ0v) is 15.3. The number of nitrogens with one attached hydrogen (secondary N) is 1. The fraction of sp³-hybridized carbons (Fsp3) is 0.278. The largest absolute Gasteiger partial charge is 0.496 e. The topological polar surface area (TPSA) is 81.7 Å². The number of aryl methyl sites for hydroxylation is 1. The molecule has 0 saturated carbocycles. The molecule has 0 unspecified atom stereocenters. The standard InChI is InChI=1S/C18H19NO5S/c1-10-11(2)25-17(19-12(3)20)16(10)18(22)24-9-14(21)13-7-5-6-8-15(13)23-4/h5-8H,9H2,1-4H3,(H,19,20). The highest BCUT2D eigenvalue weighted by Gasteiger charge is 2.23. The van der Waals surface area contributed by atoms with Crippen molar-refractivity contribution in [1.82, 2.24) is 0 Å². The molecule has 132 valence electrons. The summed E-state index contributed by atoms with van der Waals surface area (Å²) in [4.78, 5) is 36.9. The lowest BCUT2D eigenvalue weighted by molar-refractivity contribution is -0.114. The van der Waals surface area contributed by atoms with E-state index in [4.69, 9.17) is 9.47 Å². The van der Waals surface area contributed by atoms with Crippen LogP contribution in [0.15, 0.2) is 24.3 Å². The third-order valence-corrected chi connectivity index (χ3v) is 4.74. The van der Waals surface area contributed by atoms with Gasteiger partial charge in [0.2, 0.25) is 11.7 Å². The van der Waals surface area contributed by atoms with Gasteiger partial charge < -0.3 is 14.8 Å². The third kappa shape index (κ3) is 4.24. The second-order valence-electron chi connectivity index (χ2n) is 5.37. The van der Waals surface area contributed by atoms with E-state index in [1.54, 1.807) is 31.2 Å². The molecule has 1 aromatic heterocycles. The molecule has 0 aliphatic carbocycles. The molecule has 0 saturated heterocycles. The highest BCUT2D eigenvalue weighted by atomic mass is 32.1. The summed E-state index contributed by atoms with van der Waals surface area (Å²) in [5.74, 6) is -0.865. The van der Waals surface area contributed by atoms with E-state index in [0.29, 0.717) is 16.3 Å². The lowest BCUT2D eigenvalue weighted by Crippen LogP contribution is -2.17. The molecule has 1 N–H and O–H groups in total. The Balaban J connectivity index is 2.15. The molecule has 0 aliphatic rings. The molecule has 0 atom stereocenters. The van der Waals surface area contributed by atoms with Crippen molar-refractivity contribution in [2.75, 3.05) is 19.0 Å². The third-order valence-electron chi connectivity index (χ3n) is 3.62. The van der Waals surface area contributed by atoms with E-state index in [0.717, 1.165) is 10.4 Å². The van der Waals surface area contributed by atoms with Crippen molar-refractivity contribution in [3.05, 3.63) is 45.8 Å². The van der Waals surface area contributed by atoms with Crippen LogP contribution in [0, 0.1) is 13.8 Å². The number of ether oxygens (including phenoxy) is 2. The van der Waals surface area contributed by atoms with Gasteiger partial charge in [-0.1, -0.05) is 12.1 Å². The Labute approximate surface area is 149 Å². The number of Topliss-reactive ketones (excluding diaryl/α,β-unsaturated/α-hetero) is 1. The van der Waals surface area contributed by atoms with Gasteiger partial charge in [0.15, 0.2) is 6.61 Å². The summed E-state index contributed by atoms with van der Waals surface area (Å²) < 4.78 is 10.3. The van der Waals surface area contributed by atoms with Crippen molar-refractivity contribution < 1.29 is 23.9 Å². The van der Waals surface area contributed by atoms with Gasteiger partial charge in [-0.15, -0.1) is 11.3 Å². The molecule has 1 aromatic carbocycles. The number of rotatable bonds is 6. The molecule has 0 radical (unpaired) electrons. The number of hydrogen-bond donors (Lipinski definition) is 1. The number of methoxy groups -OCH3 is 1. The van der Waals surface area contributed by atoms with Gasteiger partial charge in [-0.3, -0.25) is 9.59 Å². The smallest absolute Gasteiger partial charge is 0.341 e. The first-order valence-corrected chi connectivity index (χ1v) is 8.37. The summed E-state index contributed by atoms with van der Waals surface area (Å²) in [6, 6.07) is 6.73. The Hall–Kier alpha value is -2.67. The zero-order valence-electron chi connectivity index (χ0n) is 14.5. The molecule has 7 heteroatoms. The normalized spacial score (nSPS) is 10.2. The van der Waals surface area contributed by atoms with Gasteiger partial charge in [0.05, 0.1) is 18.2 Å². The molecule has 2 rings (SSSR count). The lowest BCUT2D eigenvalue weighted by Gasteiger charge is -2.09. The minimum atomic E-state index is -0.645. The summed E-state index contributed by atoms with van der Waals surface area (Å²) in [5.41, 5.74) is 1.35. The number of benzene rings is 1. The minimum Gasteiger partial charge on any atom is -0.496 e. The first-order valence-electron chi connectivity index (χ1n) is 7.56. The number of esters is 1. The molecular weight excluding hydrogens is 342 g/mol. The fourth-order valence-electron chi connectivity index (χ4n) is 2.28. The SMILES string of the molecule is COc1ccccc1C(=O)COC(=O)c1c(NC(C)=O)sc(C)c1C. The molecular formula is C18H19NO5S. The summed E-state index contributed by atoms with van der Waals surface area (Å²) >= 11 is 1.30. The quantitative estimate of drug-likeness (QED) is 0.630. The van der Waals surface area contributed by atoms with Crippen molar-refractivity contribution in [3.8, 4) is 5.75 Å². The van der Waals surface area contributed by atoms with Crippen molar-refractivity contribution >= 4 is 34.0 Å². The van der Waals surface area contributed by atoms with Gasteiger partial charge in [0.25, 0.3) is 0 Å². The Kier molecular flexibility index (Phi) is 5.93. The monoisotopic (exact) mass is 361 g/mol. The van der Waals surface area contributed by atoms with E-state index < -0.39 is 12.6 Å². The van der Waals surface area contributed by atoms with Gasteiger partial charge in [0, 0.05) is 11.8 Å². The summed E-state index contributed by atoms with van der Waals surface area (Å²) in [6.07, 6.45) is 0. The van der Waals surface area contributed by atoms with Gasteiger partial charge in [-0.05, 0) is 31.5 Å². The predicted molar refractivity (Wildman–Crippen MR) is 95.7 cm³/mol. The van der Waals surface area contributed by atoms with Crippen LogP contribution < -0.4 is 10.1 Å². The van der Waals surface area contributed by atoms with Gasteiger partial charge in [0.1, 0.15) is 10.8 Å². The summed E-state index contributed by atoms with van der Waals surface area (Å²) in [7, 11) is 1.47. The average molecular weight is 361 g/mol. The second-order valence-corrected chi connectivity index (χ2v) is 6.59. The Bertz CT molecular complexity index is 825. The van der Waals surface area contributed by atoms with Gasteiger partial charge >= 0.3 is 5.97 Å². The van der Waals surface area contributed by atoms with Crippen LogP contribution in [0.2, 0.25) is 0 Å². The number of carbonyl (C=O) groups is 3. The molecule has 0 fully saturated rings. The van der Waals surface area contributed by atoms with Gasteiger partial charge in [-0.2, -0.15) is 0 Å². The van der Waals surface area contributed by atoms with Gasteiger partial charge in [-0.25, -0.2) is 4.79 Å². The van der Waals surface area contributed by atoms with E-state index in [9.17, 15) is 14.4 Å². The van der Waals surface area contributed by atoms with Crippen molar-refractivity contribution in [2.24, 2.45) is 0 Å². The molecule has 1 heterocycles. The first kappa shape index (κ1) is 18.7. The lowest BCUT2D eigenvalue weighted by atomic mass is 10.1. The van der Waals surface area contributed by atoms with Crippen LogP contribution in [0.25, 0.3) is 0 Å². The van der Waals surface area contributed by atoms with Crippen molar-refractivity contribution in [3.63, 3.8) is 0 Å². The molecule has 0 aliphatic heterocycles. The number of ketones is 1. The maximum Gasteiger partial charge on any atom is 0.341 e. The van der Waals surface area contributed by atoms with E-state index in [-0.39, 0.29) is 17.3 Å². The summed E-state index contributed by atoms with van der Waals surface area (Å²) in [6.45, 7) is 4.58. The van der Waals surface area contributed by atoms with Crippen LogP contribution in [0.4, 0.5) is 5.00 Å².